The van der Waals surface area contributed by atoms with E-state index in [-0.39, 0.29) is 36.4 Å². The van der Waals surface area contributed by atoms with E-state index in [0.29, 0.717) is 6.04 Å². The third-order valence-electron chi connectivity index (χ3n) is 4.86. The van der Waals surface area contributed by atoms with Gasteiger partial charge < -0.3 is 20.3 Å². The first-order valence-electron chi connectivity index (χ1n) is 9.70. The van der Waals surface area contributed by atoms with Crippen LogP contribution in [0.1, 0.15) is 38.5 Å². The first kappa shape index (κ1) is 23.4. The molecule has 2 rings (SSSR count). The topological polar surface area (TPSA) is 69.2 Å². The van der Waals surface area contributed by atoms with E-state index in [1.807, 2.05) is 0 Å². The van der Waals surface area contributed by atoms with Gasteiger partial charge in [0, 0.05) is 39.8 Å². The Morgan fingerprint density at radius 3 is 2.54 bits per heavy atom. The number of nitrogens with zero attached hydrogens (tertiary/aromatic N) is 3. The third kappa shape index (κ3) is 9.36. The number of amides is 1. The highest BCUT2D eigenvalue weighted by atomic mass is 127. The minimum absolute atomic E-state index is 0. The molecule has 0 unspecified atom stereocenters. The van der Waals surface area contributed by atoms with Crippen LogP contribution in [0.2, 0.25) is 0 Å². The molecule has 0 bridgehead atoms. The summed E-state index contributed by atoms with van der Waals surface area (Å²) in [6.07, 6.45) is 7.33. The Kier molecular flexibility index (Phi) is 12.2. The van der Waals surface area contributed by atoms with Crippen LogP contribution in [-0.2, 0) is 9.53 Å². The molecular formula is C18H36IN5O2. The van der Waals surface area contributed by atoms with Crippen LogP contribution in [0.4, 0.5) is 0 Å². The summed E-state index contributed by atoms with van der Waals surface area (Å²) in [6, 6.07) is 0.480. The van der Waals surface area contributed by atoms with Crippen LogP contribution >= 0.6 is 24.0 Å². The molecule has 0 aromatic carbocycles. The molecule has 2 aliphatic rings. The van der Waals surface area contributed by atoms with Gasteiger partial charge in [0.25, 0.3) is 0 Å². The van der Waals surface area contributed by atoms with Crippen molar-refractivity contribution in [2.75, 3.05) is 60.0 Å². The van der Waals surface area contributed by atoms with Gasteiger partial charge in [-0.25, -0.2) is 4.99 Å². The molecule has 8 heteroatoms. The van der Waals surface area contributed by atoms with Crippen LogP contribution in [0.3, 0.4) is 0 Å². The maximum atomic E-state index is 11.8. The van der Waals surface area contributed by atoms with Crippen molar-refractivity contribution in [3.8, 4) is 0 Å². The van der Waals surface area contributed by atoms with E-state index in [2.05, 4.69) is 20.5 Å². The highest BCUT2D eigenvalue weighted by Crippen LogP contribution is 2.17. The number of rotatable bonds is 7. The van der Waals surface area contributed by atoms with Gasteiger partial charge in [0.15, 0.2) is 5.96 Å². The van der Waals surface area contributed by atoms with Crippen LogP contribution in [-0.4, -0.2) is 87.7 Å². The number of carbonyl (C=O) groups excluding carboxylic acids is 1. The van der Waals surface area contributed by atoms with E-state index in [9.17, 15) is 4.79 Å². The number of ether oxygens (including phenoxy) is 1. The zero-order valence-electron chi connectivity index (χ0n) is 16.3. The Morgan fingerprint density at radius 1 is 1.19 bits per heavy atom. The number of nitrogens with one attached hydrogen (secondary N) is 2. The summed E-state index contributed by atoms with van der Waals surface area (Å²) in [5, 5.41) is 6.93. The molecule has 0 aromatic rings. The average molecular weight is 481 g/mol. The Balaban J connectivity index is 0.00000338. The maximum Gasteiger partial charge on any atom is 0.243 e. The summed E-state index contributed by atoms with van der Waals surface area (Å²) >= 11 is 0. The van der Waals surface area contributed by atoms with Gasteiger partial charge in [-0.15, -0.1) is 24.0 Å². The number of hydrogen-bond donors (Lipinski definition) is 2. The molecule has 7 nitrogen and oxygen atoms in total. The molecule has 26 heavy (non-hydrogen) atoms. The molecule has 0 atom stereocenters. The Labute approximate surface area is 175 Å². The van der Waals surface area contributed by atoms with Gasteiger partial charge in [0.1, 0.15) is 6.54 Å². The fourth-order valence-electron chi connectivity index (χ4n) is 3.22. The number of likely N-dealkylation sites (N-methyl/N-ethyl adjacent to an activating group) is 1. The number of hydrogen-bond acceptors (Lipinski definition) is 4. The molecule has 1 amide bonds. The lowest BCUT2D eigenvalue weighted by Crippen LogP contribution is -2.45. The van der Waals surface area contributed by atoms with Crippen molar-refractivity contribution >= 4 is 35.8 Å². The zero-order chi connectivity index (χ0) is 17.9. The normalized spacial score (nSPS) is 19.5. The molecule has 2 N–H and O–H groups in total. The van der Waals surface area contributed by atoms with Crippen LogP contribution in [0.25, 0.3) is 0 Å². The number of carbonyl (C=O) groups is 1. The first-order chi connectivity index (χ1) is 12.1. The maximum absolute atomic E-state index is 11.8. The monoisotopic (exact) mass is 481 g/mol. The van der Waals surface area contributed by atoms with Crippen molar-refractivity contribution in [2.24, 2.45) is 4.99 Å². The van der Waals surface area contributed by atoms with Gasteiger partial charge in [-0.3, -0.25) is 9.69 Å². The molecule has 1 aliphatic heterocycles. The van der Waals surface area contributed by atoms with Crippen molar-refractivity contribution in [3.63, 3.8) is 0 Å². The van der Waals surface area contributed by atoms with Crippen molar-refractivity contribution in [3.05, 3.63) is 0 Å². The Hall–Kier alpha value is -0.610. The van der Waals surface area contributed by atoms with Crippen molar-refractivity contribution in [1.29, 1.82) is 0 Å². The quantitative estimate of drug-likeness (QED) is 0.248. The lowest BCUT2D eigenvalue weighted by atomic mass is 9.96. The van der Waals surface area contributed by atoms with Gasteiger partial charge in [-0.05, 0) is 25.8 Å². The number of aliphatic imine (C=N–C) groups is 1. The zero-order valence-corrected chi connectivity index (χ0v) is 18.7. The summed E-state index contributed by atoms with van der Waals surface area (Å²) in [4.78, 5) is 20.3. The van der Waals surface area contributed by atoms with Gasteiger partial charge in [-0.1, -0.05) is 19.3 Å². The molecule has 0 radical (unpaired) electrons. The minimum atomic E-state index is 0. The SMILES string of the molecule is CN(C)C(=O)CN=C(NCCCN1CCOCC1)NC1CCCCC1.I. The Morgan fingerprint density at radius 2 is 1.88 bits per heavy atom. The van der Waals surface area contributed by atoms with E-state index in [1.54, 1.807) is 19.0 Å². The summed E-state index contributed by atoms with van der Waals surface area (Å²) in [7, 11) is 3.53. The molecule has 1 heterocycles. The summed E-state index contributed by atoms with van der Waals surface area (Å²) in [5.74, 6) is 0.808. The van der Waals surface area contributed by atoms with E-state index >= 15 is 0 Å². The molecular weight excluding hydrogens is 445 g/mol. The van der Waals surface area contributed by atoms with E-state index < -0.39 is 0 Å². The highest BCUT2D eigenvalue weighted by molar-refractivity contribution is 14.0. The van der Waals surface area contributed by atoms with E-state index in [4.69, 9.17) is 4.74 Å². The fourth-order valence-corrected chi connectivity index (χ4v) is 3.22. The number of halogens is 1. The number of morpholine rings is 1. The van der Waals surface area contributed by atoms with Gasteiger partial charge >= 0.3 is 0 Å². The Bertz CT molecular complexity index is 422. The fraction of sp³-hybridized carbons (Fsp3) is 0.889. The van der Waals surface area contributed by atoms with Crippen LogP contribution in [0, 0.1) is 0 Å². The molecule has 1 aliphatic carbocycles. The van der Waals surface area contributed by atoms with E-state index in [0.717, 1.165) is 51.8 Å². The predicted octanol–water partition coefficient (Wildman–Crippen LogP) is 1.28. The average Bonchev–Trinajstić information content (AvgIpc) is 2.64. The van der Waals surface area contributed by atoms with Crippen molar-refractivity contribution in [1.82, 2.24) is 20.4 Å². The van der Waals surface area contributed by atoms with Crippen LogP contribution in [0.5, 0.6) is 0 Å². The molecule has 152 valence electrons. The molecule has 1 saturated carbocycles. The highest BCUT2D eigenvalue weighted by Gasteiger charge is 2.15. The minimum Gasteiger partial charge on any atom is -0.379 e. The summed E-state index contributed by atoms with van der Waals surface area (Å²) in [5.41, 5.74) is 0. The second kappa shape index (κ2) is 13.5. The summed E-state index contributed by atoms with van der Waals surface area (Å²) in [6.45, 7) is 5.87. The van der Waals surface area contributed by atoms with Crippen molar-refractivity contribution < 1.29 is 9.53 Å². The van der Waals surface area contributed by atoms with Crippen LogP contribution < -0.4 is 10.6 Å². The molecule has 0 aromatic heterocycles. The standard InChI is InChI=1S/C18H35N5O2.HI/c1-22(2)17(24)15-20-18(21-16-7-4-3-5-8-16)19-9-6-10-23-11-13-25-14-12-23;/h16H,3-15H2,1-2H3,(H2,19,20,21);1H. The van der Waals surface area contributed by atoms with Gasteiger partial charge in [-0.2, -0.15) is 0 Å². The first-order valence-corrected chi connectivity index (χ1v) is 9.70. The molecule has 0 spiro atoms. The molecule has 1 saturated heterocycles. The molecule has 2 fully saturated rings. The third-order valence-corrected chi connectivity index (χ3v) is 4.86. The second-order valence-electron chi connectivity index (χ2n) is 7.17. The van der Waals surface area contributed by atoms with Gasteiger partial charge in [0.2, 0.25) is 5.91 Å². The largest absolute Gasteiger partial charge is 0.379 e. The van der Waals surface area contributed by atoms with Crippen molar-refractivity contribution in [2.45, 2.75) is 44.6 Å². The van der Waals surface area contributed by atoms with Gasteiger partial charge in [0.05, 0.1) is 13.2 Å². The van der Waals surface area contributed by atoms with E-state index in [1.165, 1.54) is 32.1 Å². The predicted molar refractivity (Wildman–Crippen MR) is 116 cm³/mol. The summed E-state index contributed by atoms with van der Waals surface area (Å²) < 4.78 is 5.38. The van der Waals surface area contributed by atoms with Crippen LogP contribution in [0.15, 0.2) is 4.99 Å². The lowest BCUT2D eigenvalue weighted by molar-refractivity contribution is -0.127. The lowest BCUT2D eigenvalue weighted by Gasteiger charge is -2.27. The smallest absolute Gasteiger partial charge is 0.243 e. The number of guanidine groups is 1. The second-order valence-corrected chi connectivity index (χ2v) is 7.17.